The molecule has 0 N–H and O–H groups in total. The Bertz CT molecular complexity index is 953. The number of carbonyl (C=O) groups is 2. The van der Waals surface area contributed by atoms with E-state index in [1.807, 2.05) is 30.3 Å². The summed E-state index contributed by atoms with van der Waals surface area (Å²) in [6.07, 6.45) is 2.91. The van der Waals surface area contributed by atoms with Gasteiger partial charge in [0.1, 0.15) is 0 Å². The molecule has 8 nitrogen and oxygen atoms in total. The fraction of sp³-hybridized carbons (Fsp3) is 0.333. The van der Waals surface area contributed by atoms with Crippen LogP contribution in [-0.4, -0.2) is 40.3 Å². The molecule has 2 aromatic rings. The highest BCUT2D eigenvalue weighted by Gasteiger charge is 2.43. The van der Waals surface area contributed by atoms with E-state index < -0.39 is 35.9 Å². The average Bonchev–Trinajstić information content (AvgIpc) is 2.99. The van der Waals surface area contributed by atoms with Gasteiger partial charge in [0.15, 0.2) is 12.2 Å². The van der Waals surface area contributed by atoms with E-state index in [0.717, 1.165) is 5.56 Å². The summed E-state index contributed by atoms with van der Waals surface area (Å²) in [5.41, 5.74) is 1.11. The predicted octanol–water partition coefficient (Wildman–Crippen LogP) is 1.80. The molecule has 1 aliphatic rings. The largest absolute Gasteiger partial charge is 0.456 e. The first-order chi connectivity index (χ1) is 14.0. The first-order valence-electron chi connectivity index (χ1n) is 9.15. The van der Waals surface area contributed by atoms with Gasteiger partial charge in [0.05, 0.1) is 19.3 Å². The molecule has 1 aromatic carbocycles. The van der Waals surface area contributed by atoms with Crippen molar-refractivity contribution in [1.29, 1.82) is 0 Å². The van der Waals surface area contributed by atoms with Crippen LogP contribution < -0.4 is 5.69 Å². The van der Waals surface area contributed by atoms with Crippen molar-refractivity contribution < 1.29 is 23.8 Å². The van der Waals surface area contributed by atoms with Crippen molar-refractivity contribution >= 4 is 11.9 Å². The number of hydrogen-bond acceptors (Lipinski definition) is 7. The van der Waals surface area contributed by atoms with Crippen molar-refractivity contribution in [3.05, 3.63) is 76.5 Å². The maximum Gasteiger partial charge on any atom is 0.348 e. The second kappa shape index (κ2) is 9.29. The topological polar surface area (TPSA) is 96.7 Å². The van der Waals surface area contributed by atoms with Crippen molar-refractivity contribution in [3.8, 4) is 0 Å². The molecule has 1 heterocycles. The fourth-order valence-corrected chi connectivity index (χ4v) is 3.27. The number of rotatable bonds is 7. The Hall–Kier alpha value is -3.26. The Morgan fingerprint density at radius 1 is 1.03 bits per heavy atom. The van der Waals surface area contributed by atoms with Crippen molar-refractivity contribution in [2.24, 2.45) is 0 Å². The molecule has 0 bridgehead atoms. The van der Waals surface area contributed by atoms with Crippen LogP contribution in [0.25, 0.3) is 0 Å². The highest BCUT2D eigenvalue weighted by atomic mass is 16.6. The molecule has 0 saturated heterocycles. The molecule has 3 rings (SSSR count). The molecular formula is C21H22N2O6. The third-order valence-corrected chi connectivity index (χ3v) is 4.42. The number of aromatic nitrogens is 2. The van der Waals surface area contributed by atoms with E-state index in [1.165, 1.54) is 24.6 Å². The molecule has 3 atom stereocenters. The summed E-state index contributed by atoms with van der Waals surface area (Å²) in [7, 11) is 0. The molecule has 1 aromatic heterocycles. The molecular weight excluding hydrogens is 376 g/mol. The molecule has 0 unspecified atom stereocenters. The summed E-state index contributed by atoms with van der Waals surface area (Å²) in [5, 5.41) is 0. The second-order valence-electron chi connectivity index (χ2n) is 6.62. The van der Waals surface area contributed by atoms with Gasteiger partial charge < -0.3 is 14.2 Å². The van der Waals surface area contributed by atoms with Gasteiger partial charge in [-0.05, 0) is 17.2 Å². The van der Waals surface area contributed by atoms with Gasteiger partial charge in [-0.2, -0.15) is 0 Å². The van der Waals surface area contributed by atoms with Crippen LogP contribution in [0.5, 0.6) is 0 Å². The summed E-state index contributed by atoms with van der Waals surface area (Å²) in [4.78, 5) is 39.3. The number of hydrogen-bond donors (Lipinski definition) is 0. The van der Waals surface area contributed by atoms with Crippen molar-refractivity contribution in [2.45, 2.75) is 38.7 Å². The maximum atomic E-state index is 12.2. The van der Waals surface area contributed by atoms with Gasteiger partial charge in [-0.15, -0.1) is 0 Å². The fourth-order valence-electron chi connectivity index (χ4n) is 3.27. The van der Waals surface area contributed by atoms with Crippen LogP contribution in [0, 0.1) is 0 Å². The zero-order chi connectivity index (χ0) is 20.8. The van der Waals surface area contributed by atoms with Crippen molar-refractivity contribution in [2.75, 3.05) is 6.61 Å². The van der Waals surface area contributed by atoms with Crippen molar-refractivity contribution in [3.63, 3.8) is 0 Å². The van der Waals surface area contributed by atoms with Crippen LogP contribution >= 0.6 is 0 Å². The third kappa shape index (κ3) is 5.17. The highest BCUT2D eigenvalue weighted by molar-refractivity contribution is 5.68. The van der Waals surface area contributed by atoms with E-state index in [4.69, 9.17) is 14.2 Å². The number of esters is 2. The second-order valence-corrected chi connectivity index (χ2v) is 6.62. The first kappa shape index (κ1) is 20.5. The van der Waals surface area contributed by atoms with Crippen LogP contribution in [-0.2, 0) is 30.4 Å². The summed E-state index contributed by atoms with van der Waals surface area (Å²) in [5.74, 6) is -1.07. The third-order valence-electron chi connectivity index (χ3n) is 4.42. The van der Waals surface area contributed by atoms with Crippen LogP contribution in [0.1, 0.15) is 25.5 Å². The Kier molecular flexibility index (Phi) is 6.56. The molecule has 29 heavy (non-hydrogen) atoms. The minimum absolute atomic E-state index is 0.149. The van der Waals surface area contributed by atoms with E-state index in [-0.39, 0.29) is 6.61 Å². The lowest BCUT2D eigenvalue weighted by molar-refractivity contribution is -0.163. The summed E-state index contributed by atoms with van der Waals surface area (Å²) in [6.45, 7) is 3.05. The molecule has 0 amide bonds. The van der Waals surface area contributed by atoms with Gasteiger partial charge in [0, 0.05) is 26.2 Å². The van der Waals surface area contributed by atoms with E-state index in [1.54, 1.807) is 18.3 Å². The van der Waals surface area contributed by atoms with Crippen LogP contribution in [0.4, 0.5) is 0 Å². The molecule has 0 fully saturated rings. The smallest absolute Gasteiger partial charge is 0.348 e. The lowest BCUT2D eigenvalue weighted by atomic mass is 10.1. The average molecular weight is 398 g/mol. The summed E-state index contributed by atoms with van der Waals surface area (Å²) >= 11 is 0. The first-order valence-corrected chi connectivity index (χ1v) is 9.15. The van der Waals surface area contributed by atoms with Gasteiger partial charge in [0.25, 0.3) is 0 Å². The minimum atomic E-state index is -0.895. The van der Waals surface area contributed by atoms with Gasteiger partial charge in [-0.3, -0.25) is 14.2 Å². The Balaban J connectivity index is 1.86. The normalized spacial score (nSPS) is 20.8. The van der Waals surface area contributed by atoms with Crippen LogP contribution in [0.2, 0.25) is 0 Å². The zero-order valence-electron chi connectivity index (χ0n) is 16.2. The maximum absolute atomic E-state index is 12.2. The number of benzene rings is 1. The van der Waals surface area contributed by atoms with Gasteiger partial charge >= 0.3 is 17.6 Å². The number of ether oxygens (including phenoxy) is 3. The van der Waals surface area contributed by atoms with Gasteiger partial charge in [-0.25, -0.2) is 9.78 Å². The monoisotopic (exact) mass is 398 g/mol. The highest BCUT2D eigenvalue weighted by Crippen LogP contribution is 2.33. The molecule has 0 aliphatic heterocycles. The molecule has 152 valence electrons. The summed E-state index contributed by atoms with van der Waals surface area (Å²) in [6, 6.07) is 10.6. The minimum Gasteiger partial charge on any atom is -0.456 e. The van der Waals surface area contributed by atoms with E-state index in [9.17, 15) is 14.4 Å². The quantitative estimate of drug-likeness (QED) is 0.518. The van der Waals surface area contributed by atoms with Crippen LogP contribution in [0.3, 0.4) is 0 Å². The molecule has 8 heteroatoms. The molecule has 0 spiro atoms. The Morgan fingerprint density at radius 2 is 1.76 bits per heavy atom. The number of carbonyl (C=O) groups excluding carboxylic acids is 2. The van der Waals surface area contributed by atoms with E-state index in [2.05, 4.69) is 4.98 Å². The standard InChI is InChI=1S/C21H22N2O6/c1-14(24)28-19-17(13-27-12-16-7-4-3-5-8-16)11-18(20(19)29-15(2)25)23-10-6-9-22-21(23)26/h3-11,18-20H,12-13H2,1-2H3/t18-,19-,20+/m1/s1. The Labute approximate surface area is 167 Å². The SMILES string of the molecule is CC(=O)O[C@@H]1[C@H](OC(C)=O)C(COCc2ccccc2)=C[C@H]1n1cccnc1=O. The molecule has 0 radical (unpaired) electrons. The predicted molar refractivity (Wildman–Crippen MR) is 103 cm³/mol. The van der Waals surface area contributed by atoms with E-state index in [0.29, 0.717) is 12.2 Å². The van der Waals surface area contributed by atoms with Gasteiger partial charge in [0.2, 0.25) is 0 Å². The molecule has 0 saturated carbocycles. The van der Waals surface area contributed by atoms with Gasteiger partial charge in [-0.1, -0.05) is 36.4 Å². The number of nitrogens with zero attached hydrogens (tertiary/aromatic N) is 2. The van der Waals surface area contributed by atoms with Crippen LogP contribution in [0.15, 0.2) is 65.2 Å². The summed E-state index contributed by atoms with van der Waals surface area (Å²) < 4.78 is 18.0. The molecule has 1 aliphatic carbocycles. The lowest BCUT2D eigenvalue weighted by Gasteiger charge is -2.26. The zero-order valence-corrected chi connectivity index (χ0v) is 16.2. The lowest BCUT2D eigenvalue weighted by Crippen LogP contribution is -2.40. The van der Waals surface area contributed by atoms with E-state index >= 15 is 0 Å². The Morgan fingerprint density at radius 3 is 2.41 bits per heavy atom. The van der Waals surface area contributed by atoms with Crippen molar-refractivity contribution in [1.82, 2.24) is 9.55 Å².